The van der Waals surface area contributed by atoms with E-state index >= 15 is 0 Å². The molecule has 1 aliphatic carbocycles. The summed E-state index contributed by atoms with van der Waals surface area (Å²) in [6.07, 6.45) is 1.89. The van der Waals surface area contributed by atoms with Crippen LogP contribution in [0.5, 0.6) is 0 Å². The van der Waals surface area contributed by atoms with Crippen LogP contribution in [0.25, 0.3) is 0 Å². The summed E-state index contributed by atoms with van der Waals surface area (Å²) < 4.78 is 5.68. The number of aromatic nitrogens is 2. The quantitative estimate of drug-likeness (QED) is 0.818. The van der Waals surface area contributed by atoms with Crippen LogP contribution in [-0.4, -0.2) is 41.5 Å². The van der Waals surface area contributed by atoms with Crippen LogP contribution in [0.1, 0.15) is 31.7 Å². The van der Waals surface area contributed by atoms with Gasteiger partial charge in [-0.15, -0.1) is 5.10 Å². The van der Waals surface area contributed by atoms with E-state index in [1.165, 1.54) is 0 Å². The topological polar surface area (TPSA) is 74.4 Å². The predicted octanol–water partition coefficient (Wildman–Crippen LogP) is 0.557. The lowest BCUT2D eigenvalue weighted by atomic mass is 10.00. The Labute approximate surface area is 106 Å². The smallest absolute Gasteiger partial charge is 0.318 e. The van der Waals surface area contributed by atoms with Crippen molar-refractivity contribution in [2.24, 2.45) is 11.8 Å². The molecule has 1 saturated carbocycles. The number of hydrogen-bond acceptors (Lipinski definition) is 6. The van der Waals surface area contributed by atoms with E-state index in [9.17, 15) is 5.11 Å². The van der Waals surface area contributed by atoms with Gasteiger partial charge in [0, 0.05) is 19.0 Å². The molecule has 4 unspecified atom stereocenters. The second kappa shape index (κ2) is 4.51. The third-order valence-corrected chi connectivity index (χ3v) is 4.32. The molecule has 2 fully saturated rings. The van der Waals surface area contributed by atoms with Crippen LogP contribution < -0.4 is 10.2 Å². The Balaban J connectivity index is 1.71. The van der Waals surface area contributed by atoms with Crippen LogP contribution in [-0.2, 0) is 0 Å². The number of aliphatic hydroxyl groups excluding tert-OH is 1. The second-order valence-corrected chi connectivity index (χ2v) is 5.41. The van der Waals surface area contributed by atoms with Crippen molar-refractivity contribution in [3.05, 3.63) is 5.89 Å². The molecule has 0 bridgehead atoms. The van der Waals surface area contributed by atoms with Gasteiger partial charge in [-0.3, -0.25) is 0 Å². The summed E-state index contributed by atoms with van der Waals surface area (Å²) >= 11 is 0. The molecular formula is C12H20N4O2. The van der Waals surface area contributed by atoms with Crippen LogP contribution in [0, 0.1) is 11.8 Å². The molecule has 6 heteroatoms. The van der Waals surface area contributed by atoms with Crippen LogP contribution in [0.4, 0.5) is 6.01 Å². The van der Waals surface area contributed by atoms with E-state index in [1.54, 1.807) is 0 Å². The summed E-state index contributed by atoms with van der Waals surface area (Å²) in [5.41, 5.74) is 0. The number of nitrogens with one attached hydrogen (secondary N) is 1. The fourth-order valence-electron chi connectivity index (χ4n) is 3.05. The van der Waals surface area contributed by atoms with Gasteiger partial charge in [-0.25, -0.2) is 0 Å². The molecule has 4 atom stereocenters. The maximum atomic E-state index is 9.89. The van der Waals surface area contributed by atoms with Gasteiger partial charge in [-0.1, -0.05) is 5.10 Å². The van der Waals surface area contributed by atoms with E-state index in [0.29, 0.717) is 23.7 Å². The first-order valence-electron chi connectivity index (χ1n) is 6.62. The Hall–Kier alpha value is -1.14. The molecule has 0 radical (unpaired) electrons. The lowest BCUT2D eigenvalue weighted by molar-refractivity contribution is 0.133. The number of rotatable bonds is 3. The molecular weight excluding hydrogens is 232 g/mol. The maximum absolute atomic E-state index is 9.89. The largest absolute Gasteiger partial charge is 0.406 e. The van der Waals surface area contributed by atoms with Gasteiger partial charge in [-0.05, 0) is 32.7 Å². The van der Waals surface area contributed by atoms with E-state index in [4.69, 9.17) is 4.42 Å². The molecule has 2 aliphatic rings. The van der Waals surface area contributed by atoms with Crippen LogP contribution in [0.3, 0.4) is 0 Å². The maximum Gasteiger partial charge on any atom is 0.318 e. The summed E-state index contributed by atoms with van der Waals surface area (Å²) in [6, 6.07) is 0.660. The third kappa shape index (κ3) is 1.89. The molecule has 100 valence electrons. The molecule has 1 saturated heterocycles. The minimum absolute atomic E-state index is 0.0685. The van der Waals surface area contributed by atoms with Crippen molar-refractivity contribution in [1.29, 1.82) is 0 Å². The first kappa shape index (κ1) is 11.9. The highest BCUT2D eigenvalue weighted by atomic mass is 16.4. The Bertz CT molecular complexity index is 422. The van der Waals surface area contributed by atoms with E-state index in [-0.39, 0.29) is 12.1 Å². The molecule has 0 aromatic carbocycles. The first-order valence-corrected chi connectivity index (χ1v) is 6.62. The highest BCUT2D eigenvalue weighted by Crippen LogP contribution is 2.39. The summed E-state index contributed by atoms with van der Waals surface area (Å²) in [7, 11) is 1.87. The number of aliphatic hydroxyl groups is 1. The van der Waals surface area contributed by atoms with E-state index in [1.807, 2.05) is 14.0 Å². The lowest BCUT2D eigenvalue weighted by Crippen LogP contribution is -2.24. The fraction of sp³-hybridized carbons (Fsp3) is 0.833. The van der Waals surface area contributed by atoms with E-state index < -0.39 is 0 Å². The molecule has 3 rings (SSSR count). The molecule has 0 amide bonds. The third-order valence-electron chi connectivity index (χ3n) is 4.32. The molecule has 1 aromatic heterocycles. The summed E-state index contributed by atoms with van der Waals surface area (Å²) in [5.74, 6) is 1.57. The number of anilines is 1. The zero-order valence-corrected chi connectivity index (χ0v) is 10.8. The number of fused-ring (bicyclic) bond motifs is 1. The molecule has 1 aromatic rings. The van der Waals surface area contributed by atoms with Crippen molar-refractivity contribution in [3.63, 3.8) is 0 Å². The van der Waals surface area contributed by atoms with Crippen molar-refractivity contribution in [2.45, 2.75) is 31.9 Å². The lowest BCUT2D eigenvalue weighted by Gasteiger charge is -2.15. The minimum atomic E-state index is -0.154. The highest BCUT2D eigenvalue weighted by Gasteiger charge is 2.43. The monoisotopic (exact) mass is 252 g/mol. The van der Waals surface area contributed by atoms with Crippen molar-refractivity contribution in [2.75, 3.05) is 25.0 Å². The van der Waals surface area contributed by atoms with Crippen molar-refractivity contribution in [1.82, 2.24) is 15.5 Å². The molecule has 2 heterocycles. The number of hydrogen-bond donors (Lipinski definition) is 2. The summed E-state index contributed by atoms with van der Waals surface area (Å²) in [6.45, 7) is 3.75. The first-order chi connectivity index (χ1) is 8.69. The van der Waals surface area contributed by atoms with Crippen molar-refractivity contribution in [3.8, 4) is 0 Å². The molecule has 2 N–H and O–H groups in total. The minimum Gasteiger partial charge on any atom is -0.406 e. The Morgan fingerprint density at radius 3 is 2.94 bits per heavy atom. The predicted molar refractivity (Wildman–Crippen MR) is 66.2 cm³/mol. The van der Waals surface area contributed by atoms with Crippen LogP contribution >= 0.6 is 0 Å². The fourth-order valence-corrected chi connectivity index (χ4v) is 3.05. The van der Waals surface area contributed by atoms with Crippen molar-refractivity contribution < 1.29 is 9.52 Å². The van der Waals surface area contributed by atoms with Gasteiger partial charge in [0.15, 0.2) is 0 Å². The zero-order chi connectivity index (χ0) is 12.7. The van der Waals surface area contributed by atoms with Crippen LogP contribution in [0.2, 0.25) is 0 Å². The highest BCUT2D eigenvalue weighted by molar-refractivity contribution is 5.28. The standard InChI is InChI=1S/C12H20N4O2/c1-7(13-2)11-14-15-12(18-11)16-5-8-3-4-10(17)9(8)6-16/h7-10,13,17H,3-6H2,1-2H3. The van der Waals surface area contributed by atoms with Gasteiger partial charge in [0.2, 0.25) is 5.89 Å². The SMILES string of the molecule is CNC(C)c1nnc(N2CC3CCC(O)C3C2)o1. The average Bonchev–Trinajstić information content (AvgIpc) is 3.05. The van der Waals surface area contributed by atoms with E-state index in [2.05, 4.69) is 20.4 Å². The zero-order valence-electron chi connectivity index (χ0n) is 10.8. The van der Waals surface area contributed by atoms with E-state index in [0.717, 1.165) is 25.9 Å². The van der Waals surface area contributed by atoms with Gasteiger partial charge in [0.25, 0.3) is 0 Å². The Morgan fingerprint density at radius 1 is 1.39 bits per heavy atom. The summed E-state index contributed by atoms with van der Waals surface area (Å²) in [4.78, 5) is 2.11. The van der Waals surface area contributed by atoms with Crippen molar-refractivity contribution >= 4 is 6.01 Å². The van der Waals surface area contributed by atoms with Gasteiger partial charge in [-0.2, -0.15) is 0 Å². The van der Waals surface area contributed by atoms with Gasteiger partial charge < -0.3 is 19.7 Å². The molecule has 6 nitrogen and oxygen atoms in total. The average molecular weight is 252 g/mol. The summed E-state index contributed by atoms with van der Waals surface area (Å²) in [5, 5.41) is 21.1. The normalized spacial score (nSPS) is 32.8. The van der Waals surface area contributed by atoms with Gasteiger partial charge in [0.05, 0.1) is 12.1 Å². The van der Waals surface area contributed by atoms with Gasteiger partial charge in [0.1, 0.15) is 0 Å². The second-order valence-electron chi connectivity index (χ2n) is 5.41. The Kier molecular flexibility index (Phi) is 2.99. The Morgan fingerprint density at radius 2 is 2.22 bits per heavy atom. The molecule has 0 spiro atoms. The van der Waals surface area contributed by atoms with Gasteiger partial charge >= 0.3 is 6.01 Å². The molecule has 18 heavy (non-hydrogen) atoms. The molecule has 1 aliphatic heterocycles. The number of nitrogens with zero attached hydrogens (tertiary/aromatic N) is 3. The van der Waals surface area contributed by atoms with Crippen LogP contribution in [0.15, 0.2) is 4.42 Å².